The normalized spacial score (nSPS) is 11.0. The minimum absolute atomic E-state index is 0.152. The Morgan fingerprint density at radius 3 is 2.12 bits per heavy atom. The number of hydrogen-bond donors (Lipinski definition) is 0. The van der Waals surface area contributed by atoms with E-state index in [1.165, 1.54) is 49.1 Å². The van der Waals surface area contributed by atoms with Crippen molar-refractivity contribution in [1.29, 1.82) is 0 Å². The number of carbonyl (C=O) groups excluding carboxylic acids is 2. The number of nitrogens with zero attached hydrogens (tertiary/aromatic N) is 6. The van der Waals surface area contributed by atoms with E-state index in [1.54, 1.807) is 49.4 Å². The molecule has 0 saturated heterocycles. The van der Waals surface area contributed by atoms with Crippen molar-refractivity contribution in [3.8, 4) is 16.5 Å². The molecular formula is C27H24N6O6S. The molecule has 204 valence electrons. The fourth-order valence-corrected chi connectivity index (χ4v) is 5.64. The van der Waals surface area contributed by atoms with E-state index in [2.05, 4.69) is 10.2 Å². The molecule has 3 heterocycles. The summed E-state index contributed by atoms with van der Waals surface area (Å²) in [5.74, 6) is -0.452. The molecule has 2 aromatic carbocycles. The van der Waals surface area contributed by atoms with Crippen LogP contribution in [-0.2, 0) is 6.54 Å². The molecule has 0 atom stereocenters. The SMILES string of the molecule is COc1ccccc1C(=O)Cn1c(=O)n(N(C)C(=O)c2ccccc2OC)c(=O)c2c(C)c(-n3nccn3)sc21. The number of carbonyl (C=O) groups is 2. The largest absolute Gasteiger partial charge is 0.496 e. The lowest BCUT2D eigenvalue weighted by molar-refractivity contribution is 0.0961. The van der Waals surface area contributed by atoms with Crippen molar-refractivity contribution in [3.63, 3.8) is 0 Å². The predicted molar refractivity (Wildman–Crippen MR) is 149 cm³/mol. The highest BCUT2D eigenvalue weighted by Crippen LogP contribution is 2.30. The van der Waals surface area contributed by atoms with Crippen molar-refractivity contribution >= 4 is 33.2 Å². The van der Waals surface area contributed by atoms with Crippen LogP contribution in [0.15, 0.2) is 70.5 Å². The average Bonchev–Trinajstić information content (AvgIpc) is 3.62. The van der Waals surface area contributed by atoms with E-state index in [1.807, 2.05) is 0 Å². The van der Waals surface area contributed by atoms with Gasteiger partial charge in [0.2, 0.25) is 0 Å². The molecule has 1 amide bonds. The van der Waals surface area contributed by atoms with Crippen LogP contribution in [0.1, 0.15) is 26.3 Å². The van der Waals surface area contributed by atoms with Crippen LogP contribution in [0.4, 0.5) is 0 Å². The third-order valence-corrected chi connectivity index (χ3v) is 7.69. The molecule has 0 fully saturated rings. The number of thiophene rings is 1. The molecule has 0 unspecified atom stereocenters. The second-order valence-corrected chi connectivity index (χ2v) is 9.65. The number of para-hydroxylation sites is 2. The number of ketones is 1. The number of methoxy groups -OCH3 is 2. The Hall–Kier alpha value is -5.04. The third kappa shape index (κ3) is 4.35. The van der Waals surface area contributed by atoms with E-state index < -0.39 is 29.5 Å². The van der Waals surface area contributed by atoms with Crippen LogP contribution in [0.2, 0.25) is 0 Å². The van der Waals surface area contributed by atoms with Gasteiger partial charge in [0, 0.05) is 12.6 Å². The standard InChI is InChI=1S/C27H24N6O6S/c1-16-22-24(36)32(30(2)23(35)18-10-6-8-12-21(18)39-4)27(37)31(26(22)40-25(16)33-28-13-14-29-33)15-19(34)17-9-5-7-11-20(17)38-3/h5-14H,15H2,1-4H3. The highest BCUT2D eigenvalue weighted by atomic mass is 32.1. The molecule has 0 aliphatic heterocycles. The van der Waals surface area contributed by atoms with Gasteiger partial charge in [0.25, 0.3) is 11.5 Å². The second-order valence-electron chi connectivity index (χ2n) is 8.67. The zero-order chi connectivity index (χ0) is 28.6. The Kier molecular flexibility index (Phi) is 7.05. The zero-order valence-electron chi connectivity index (χ0n) is 22.0. The summed E-state index contributed by atoms with van der Waals surface area (Å²) in [5.41, 5.74) is -0.680. The van der Waals surface area contributed by atoms with Crippen molar-refractivity contribution in [3.05, 3.63) is 98.5 Å². The Labute approximate surface area is 231 Å². The number of ether oxygens (including phenoxy) is 2. The highest BCUT2D eigenvalue weighted by molar-refractivity contribution is 7.21. The monoisotopic (exact) mass is 560 g/mol. The molecular weight excluding hydrogens is 536 g/mol. The quantitative estimate of drug-likeness (QED) is 0.265. The van der Waals surface area contributed by atoms with Gasteiger partial charge in [-0.2, -0.15) is 14.9 Å². The van der Waals surface area contributed by atoms with Gasteiger partial charge >= 0.3 is 5.69 Å². The van der Waals surface area contributed by atoms with E-state index in [4.69, 9.17) is 9.47 Å². The maximum Gasteiger partial charge on any atom is 0.352 e. The molecule has 40 heavy (non-hydrogen) atoms. The van der Waals surface area contributed by atoms with E-state index in [9.17, 15) is 19.2 Å². The summed E-state index contributed by atoms with van der Waals surface area (Å²) < 4.78 is 12.5. The molecule has 0 N–H and O–H groups in total. The Morgan fingerprint density at radius 1 is 0.925 bits per heavy atom. The minimum atomic E-state index is -0.868. The number of hydrogen-bond acceptors (Lipinski definition) is 9. The summed E-state index contributed by atoms with van der Waals surface area (Å²) in [4.78, 5) is 56.4. The van der Waals surface area contributed by atoms with E-state index in [0.717, 1.165) is 21.0 Å². The van der Waals surface area contributed by atoms with Crippen molar-refractivity contribution in [2.75, 3.05) is 26.3 Å². The lowest BCUT2D eigenvalue weighted by Crippen LogP contribution is -2.53. The number of aryl methyl sites for hydroxylation is 1. The lowest BCUT2D eigenvalue weighted by Gasteiger charge is -2.21. The lowest BCUT2D eigenvalue weighted by atomic mass is 10.1. The van der Waals surface area contributed by atoms with Crippen LogP contribution in [-0.4, -0.2) is 57.2 Å². The van der Waals surface area contributed by atoms with Crippen LogP contribution < -0.4 is 25.7 Å². The van der Waals surface area contributed by atoms with Crippen LogP contribution in [0.3, 0.4) is 0 Å². The minimum Gasteiger partial charge on any atom is -0.496 e. The van der Waals surface area contributed by atoms with Crippen LogP contribution >= 0.6 is 11.3 Å². The summed E-state index contributed by atoms with van der Waals surface area (Å²) >= 11 is 1.10. The smallest absolute Gasteiger partial charge is 0.352 e. The van der Waals surface area contributed by atoms with Crippen molar-refractivity contribution < 1.29 is 19.1 Å². The average molecular weight is 561 g/mol. The van der Waals surface area contributed by atoms with E-state index in [-0.39, 0.29) is 27.1 Å². The summed E-state index contributed by atoms with van der Waals surface area (Å²) in [5, 5.41) is 9.89. The molecule has 5 rings (SSSR count). The molecule has 0 saturated carbocycles. The van der Waals surface area contributed by atoms with Crippen molar-refractivity contribution in [1.82, 2.24) is 24.2 Å². The highest BCUT2D eigenvalue weighted by Gasteiger charge is 2.27. The summed E-state index contributed by atoms with van der Waals surface area (Å²) in [7, 11) is 4.18. The zero-order valence-corrected chi connectivity index (χ0v) is 22.8. The fourth-order valence-electron chi connectivity index (χ4n) is 4.43. The fraction of sp³-hybridized carbons (Fsp3) is 0.185. The first kappa shape index (κ1) is 26.6. The summed E-state index contributed by atoms with van der Waals surface area (Å²) in [6.07, 6.45) is 2.97. The topological polar surface area (TPSA) is 131 Å². The first-order valence-electron chi connectivity index (χ1n) is 12.0. The number of rotatable bonds is 8. The molecule has 13 heteroatoms. The Balaban J connectivity index is 1.74. The molecule has 0 spiro atoms. The van der Waals surface area contributed by atoms with Gasteiger partial charge in [-0.25, -0.2) is 9.80 Å². The molecule has 5 aromatic rings. The summed E-state index contributed by atoms with van der Waals surface area (Å²) in [6, 6.07) is 13.1. The maximum atomic E-state index is 13.9. The molecule has 0 radical (unpaired) electrons. The molecule has 0 aliphatic rings. The van der Waals surface area contributed by atoms with Gasteiger partial charge in [0.15, 0.2) is 5.78 Å². The van der Waals surface area contributed by atoms with Crippen LogP contribution in [0.5, 0.6) is 11.5 Å². The van der Waals surface area contributed by atoms with Gasteiger partial charge < -0.3 is 9.47 Å². The molecule has 3 aromatic heterocycles. The second kappa shape index (κ2) is 10.6. The Morgan fingerprint density at radius 2 is 1.50 bits per heavy atom. The number of aromatic nitrogens is 5. The van der Waals surface area contributed by atoms with Gasteiger partial charge in [0.1, 0.15) is 21.3 Å². The van der Waals surface area contributed by atoms with Crippen molar-refractivity contribution in [2.45, 2.75) is 13.5 Å². The number of benzene rings is 2. The number of fused-ring (bicyclic) bond motifs is 1. The summed E-state index contributed by atoms with van der Waals surface area (Å²) in [6.45, 7) is 1.28. The first-order chi connectivity index (χ1) is 19.3. The van der Waals surface area contributed by atoms with Gasteiger partial charge in [-0.3, -0.25) is 19.0 Å². The van der Waals surface area contributed by atoms with E-state index >= 15 is 0 Å². The third-order valence-electron chi connectivity index (χ3n) is 6.41. The number of Topliss-reactive ketones (excluding diaryl/α,β-unsaturated/α-hetero) is 1. The van der Waals surface area contributed by atoms with Gasteiger partial charge in [-0.1, -0.05) is 35.6 Å². The molecule has 0 aliphatic carbocycles. The van der Waals surface area contributed by atoms with Crippen molar-refractivity contribution in [2.24, 2.45) is 0 Å². The predicted octanol–water partition coefficient (Wildman–Crippen LogP) is 2.42. The van der Waals surface area contributed by atoms with Gasteiger partial charge in [0.05, 0.1) is 49.7 Å². The number of amides is 1. The van der Waals surface area contributed by atoms with Gasteiger partial charge in [-0.15, -0.1) is 4.80 Å². The van der Waals surface area contributed by atoms with E-state index in [0.29, 0.717) is 16.3 Å². The molecule has 12 nitrogen and oxygen atoms in total. The maximum absolute atomic E-state index is 13.9. The van der Waals surface area contributed by atoms with Crippen LogP contribution in [0, 0.1) is 6.92 Å². The Bertz CT molecular complexity index is 1870. The van der Waals surface area contributed by atoms with Crippen LogP contribution in [0.25, 0.3) is 15.2 Å². The van der Waals surface area contributed by atoms with Gasteiger partial charge in [-0.05, 0) is 31.2 Å². The molecule has 0 bridgehead atoms. The first-order valence-corrected chi connectivity index (χ1v) is 12.8.